The third-order valence-corrected chi connectivity index (χ3v) is 3.07. The van der Waals surface area contributed by atoms with Crippen LogP contribution in [0, 0.1) is 0 Å². The molecular formula is C12H10BrN3O4. The molecule has 0 aliphatic rings. The first-order valence-electron chi connectivity index (χ1n) is 5.53. The first-order valence-corrected chi connectivity index (χ1v) is 6.32. The van der Waals surface area contributed by atoms with Gasteiger partial charge < -0.3 is 20.3 Å². The van der Waals surface area contributed by atoms with E-state index in [-0.39, 0.29) is 12.1 Å². The molecule has 0 atom stereocenters. The summed E-state index contributed by atoms with van der Waals surface area (Å²) < 4.78 is 5.07. The standard InChI is InChI=1S/C12H10BrN3O4/c13-10-2-1-7(5-9(10)11(17)18)15-12(19)14-6-8-3-4-20-16-8/h1-5H,6H2,(H,17,18)(H2,14,15,19). The predicted molar refractivity (Wildman–Crippen MR) is 73.5 cm³/mol. The third kappa shape index (κ3) is 3.58. The van der Waals surface area contributed by atoms with Crippen molar-refractivity contribution in [2.75, 3.05) is 5.32 Å². The minimum Gasteiger partial charge on any atom is -0.478 e. The lowest BCUT2D eigenvalue weighted by Gasteiger charge is -2.08. The summed E-state index contributed by atoms with van der Waals surface area (Å²) in [5, 5.41) is 17.7. The van der Waals surface area contributed by atoms with E-state index in [0.717, 1.165) is 0 Å². The fourth-order valence-corrected chi connectivity index (χ4v) is 1.86. The highest BCUT2D eigenvalue weighted by Crippen LogP contribution is 2.21. The average molecular weight is 340 g/mol. The van der Waals surface area contributed by atoms with E-state index >= 15 is 0 Å². The number of carbonyl (C=O) groups excluding carboxylic acids is 1. The summed E-state index contributed by atoms with van der Waals surface area (Å²) in [5.74, 6) is -1.08. The van der Waals surface area contributed by atoms with E-state index in [4.69, 9.17) is 5.11 Å². The summed E-state index contributed by atoms with van der Waals surface area (Å²) in [5.41, 5.74) is 1.03. The van der Waals surface area contributed by atoms with E-state index in [1.54, 1.807) is 18.2 Å². The van der Waals surface area contributed by atoms with Gasteiger partial charge in [0.1, 0.15) is 12.0 Å². The molecule has 104 valence electrons. The molecule has 1 heterocycles. The molecule has 0 spiro atoms. The van der Waals surface area contributed by atoms with Gasteiger partial charge in [-0.05, 0) is 34.1 Å². The fraction of sp³-hybridized carbons (Fsp3) is 0.0833. The Kier molecular flexibility index (Phi) is 4.36. The molecule has 2 amide bonds. The van der Waals surface area contributed by atoms with Crippen LogP contribution in [0.1, 0.15) is 16.1 Å². The van der Waals surface area contributed by atoms with E-state index in [1.807, 2.05) is 0 Å². The van der Waals surface area contributed by atoms with Gasteiger partial charge in [0, 0.05) is 16.2 Å². The first kappa shape index (κ1) is 14.1. The van der Waals surface area contributed by atoms with Crippen molar-refractivity contribution < 1.29 is 19.2 Å². The quantitative estimate of drug-likeness (QED) is 0.793. The Bertz CT molecular complexity index is 628. The second-order valence-corrected chi connectivity index (χ2v) is 4.65. The molecule has 0 aliphatic carbocycles. The van der Waals surface area contributed by atoms with Gasteiger partial charge in [-0.15, -0.1) is 0 Å². The fourth-order valence-electron chi connectivity index (χ4n) is 1.44. The molecular weight excluding hydrogens is 330 g/mol. The molecule has 0 unspecified atom stereocenters. The van der Waals surface area contributed by atoms with Crippen LogP contribution in [-0.4, -0.2) is 22.3 Å². The molecule has 2 aromatic rings. The number of hydrogen-bond acceptors (Lipinski definition) is 4. The summed E-state index contributed by atoms with van der Waals surface area (Å²) in [6.45, 7) is 0.213. The number of aromatic carboxylic acids is 1. The molecule has 1 aromatic carbocycles. The summed E-state index contributed by atoms with van der Waals surface area (Å²) in [4.78, 5) is 22.6. The van der Waals surface area contributed by atoms with Gasteiger partial charge in [-0.2, -0.15) is 0 Å². The Hall–Kier alpha value is -2.35. The van der Waals surface area contributed by atoms with Crippen molar-refractivity contribution in [1.29, 1.82) is 0 Å². The van der Waals surface area contributed by atoms with E-state index in [0.29, 0.717) is 15.9 Å². The van der Waals surface area contributed by atoms with Crippen molar-refractivity contribution in [3.05, 3.63) is 46.3 Å². The number of benzene rings is 1. The van der Waals surface area contributed by atoms with Crippen LogP contribution in [0.25, 0.3) is 0 Å². The first-order chi connectivity index (χ1) is 9.56. The number of rotatable bonds is 4. The predicted octanol–water partition coefficient (Wildman–Crippen LogP) is 2.46. The highest BCUT2D eigenvalue weighted by Gasteiger charge is 2.10. The molecule has 0 radical (unpaired) electrons. The maximum atomic E-state index is 11.6. The Morgan fingerprint density at radius 2 is 2.15 bits per heavy atom. The number of carboxylic acid groups (broad SMARTS) is 1. The number of urea groups is 1. The Morgan fingerprint density at radius 1 is 1.35 bits per heavy atom. The van der Waals surface area contributed by atoms with E-state index in [9.17, 15) is 9.59 Å². The summed E-state index contributed by atoms with van der Waals surface area (Å²) in [6, 6.07) is 5.67. The topological polar surface area (TPSA) is 104 Å². The van der Waals surface area contributed by atoms with E-state index < -0.39 is 12.0 Å². The normalized spacial score (nSPS) is 10.1. The van der Waals surface area contributed by atoms with E-state index in [2.05, 4.69) is 36.2 Å². The Balaban J connectivity index is 1.97. The van der Waals surface area contributed by atoms with Crippen molar-refractivity contribution in [1.82, 2.24) is 10.5 Å². The molecule has 0 saturated heterocycles. The number of carboxylic acids is 1. The molecule has 0 bridgehead atoms. The third-order valence-electron chi connectivity index (χ3n) is 2.38. The molecule has 3 N–H and O–H groups in total. The van der Waals surface area contributed by atoms with Crippen LogP contribution in [0.4, 0.5) is 10.5 Å². The van der Waals surface area contributed by atoms with Crippen LogP contribution in [0.3, 0.4) is 0 Å². The van der Waals surface area contributed by atoms with Gasteiger partial charge in [0.25, 0.3) is 0 Å². The second kappa shape index (κ2) is 6.20. The lowest BCUT2D eigenvalue weighted by atomic mass is 10.2. The van der Waals surface area contributed by atoms with Crippen LogP contribution < -0.4 is 10.6 Å². The highest BCUT2D eigenvalue weighted by atomic mass is 79.9. The molecule has 2 rings (SSSR count). The van der Waals surface area contributed by atoms with Crippen LogP contribution in [0.2, 0.25) is 0 Å². The number of amides is 2. The molecule has 1 aromatic heterocycles. The molecule has 7 nitrogen and oxygen atoms in total. The molecule has 0 saturated carbocycles. The minimum atomic E-state index is -1.08. The van der Waals surface area contributed by atoms with Crippen LogP contribution in [-0.2, 0) is 6.54 Å². The van der Waals surface area contributed by atoms with Crippen LogP contribution >= 0.6 is 15.9 Å². The van der Waals surface area contributed by atoms with Crippen LogP contribution in [0.15, 0.2) is 39.5 Å². The highest BCUT2D eigenvalue weighted by molar-refractivity contribution is 9.10. The number of hydrogen-bond donors (Lipinski definition) is 3. The van der Waals surface area contributed by atoms with Gasteiger partial charge in [-0.25, -0.2) is 9.59 Å². The maximum absolute atomic E-state index is 11.6. The van der Waals surface area contributed by atoms with Crippen molar-refractivity contribution in [2.45, 2.75) is 6.54 Å². The molecule has 0 aliphatic heterocycles. The van der Waals surface area contributed by atoms with Gasteiger partial charge in [0.15, 0.2) is 0 Å². The minimum absolute atomic E-state index is 0.0688. The van der Waals surface area contributed by atoms with Crippen molar-refractivity contribution in [2.24, 2.45) is 0 Å². The molecule has 8 heteroatoms. The lowest BCUT2D eigenvalue weighted by molar-refractivity contribution is 0.0696. The number of nitrogens with one attached hydrogen (secondary N) is 2. The average Bonchev–Trinajstić information content (AvgIpc) is 2.91. The van der Waals surface area contributed by atoms with Gasteiger partial charge in [0.2, 0.25) is 0 Å². The van der Waals surface area contributed by atoms with Crippen molar-refractivity contribution in [3.8, 4) is 0 Å². The SMILES string of the molecule is O=C(NCc1ccon1)Nc1ccc(Br)c(C(=O)O)c1. The smallest absolute Gasteiger partial charge is 0.336 e. The molecule has 20 heavy (non-hydrogen) atoms. The molecule has 0 fully saturated rings. The van der Waals surface area contributed by atoms with E-state index in [1.165, 1.54) is 12.3 Å². The number of aromatic nitrogens is 1. The monoisotopic (exact) mass is 339 g/mol. The Morgan fingerprint density at radius 3 is 2.80 bits per heavy atom. The zero-order valence-electron chi connectivity index (χ0n) is 10.1. The largest absolute Gasteiger partial charge is 0.478 e. The van der Waals surface area contributed by atoms with Crippen molar-refractivity contribution in [3.63, 3.8) is 0 Å². The van der Waals surface area contributed by atoms with Gasteiger partial charge in [-0.1, -0.05) is 5.16 Å². The van der Waals surface area contributed by atoms with Gasteiger partial charge in [-0.3, -0.25) is 0 Å². The summed E-state index contributed by atoms with van der Waals surface area (Å²) in [7, 11) is 0. The van der Waals surface area contributed by atoms with Gasteiger partial charge >= 0.3 is 12.0 Å². The van der Waals surface area contributed by atoms with Gasteiger partial charge in [0.05, 0.1) is 12.1 Å². The maximum Gasteiger partial charge on any atom is 0.336 e. The number of anilines is 1. The Labute approximate surface area is 122 Å². The summed E-state index contributed by atoms with van der Waals surface area (Å²) >= 11 is 3.13. The van der Waals surface area contributed by atoms with Crippen molar-refractivity contribution >= 4 is 33.6 Å². The number of carbonyl (C=O) groups is 2. The number of nitrogens with zero attached hydrogens (tertiary/aromatic N) is 1. The number of halogens is 1. The zero-order chi connectivity index (χ0) is 14.5. The zero-order valence-corrected chi connectivity index (χ0v) is 11.7. The summed E-state index contributed by atoms with van der Waals surface area (Å²) in [6.07, 6.45) is 1.41. The van der Waals surface area contributed by atoms with Crippen LogP contribution in [0.5, 0.6) is 0 Å². The lowest BCUT2D eigenvalue weighted by Crippen LogP contribution is -2.28. The second-order valence-electron chi connectivity index (χ2n) is 3.80.